The number of hydrogen-bond acceptors (Lipinski definition) is 0. The summed E-state index contributed by atoms with van der Waals surface area (Å²) < 4.78 is 0. The van der Waals surface area contributed by atoms with Gasteiger partial charge < -0.3 is 0 Å². The molecule has 0 spiro atoms. The lowest BCUT2D eigenvalue weighted by molar-refractivity contribution is 0.253. The second-order valence-electron chi connectivity index (χ2n) is 3.84. The highest BCUT2D eigenvalue weighted by Crippen LogP contribution is 2.35. The summed E-state index contributed by atoms with van der Waals surface area (Å²) in [7, 11) is 0. The third-order valence-electron chi connectivity index (χ3n) is 3.00. The predicted molar refractivity (Wildman–Crippen MR) is 43.8 cm³/mol. The Balaban J connectivity index is 1.69. The Bertz CT molecular complexity index is 123. The Morgan fingerprint density at radius 2 is 1.70 bits per heavy atom. The van der Waals surface area contributed by atoms with Gasteiger partial charge in [-0.05, 0) is 31.1 Å². The molecular formula is C10H16. The summed E-state index contributed by atoms with van der Waals surface area (Å²) in [6.07, 6.45) is 13.5. The van der Waals surface area contributed by atoms with Gasteiger partial charge in [0.1, 0.15) is 0 Å². The Kier molecular flexibility index (Phi) is 1.79. The van der Waals surface area contributed by atoms with Crippen molar-refractivity contribution in [3.8, 4) is 0 Å². The minimum absolute atomic E-state index is 1.03. The molecule has 0 heteroatoms. The Labute approximate surface area is 63.3 Å². The van der Waals surface area contributed by atoms with Crippen LogP contribution in [0.2, 0.25) is 0 Å². The molecule has 0 aromatic heterocycles. The smallest absolute Gasteiger partial charge is 0.0319 e. The first-order valence-corrected chi connectivity index (χ1v) is 4.60. The Morgan fingerprint density at radius 3 is 2.20 bits per heavy atom. The highest BCUT2D eigenvalue weighted by Gasteiger charge is 2.21. The fraction of sp³-hybridized carbons (Fsp3) is 0.800. The van der Waals surface area contributed by atoms with Gasteiger partial charge in [-0.2, -0.15) is 0 Å². The maximum atomic E-state index is 2.35. The zero-order valence-corrected chi connectivity index (χ0v) is 6.55. The van der Waals surface area contributed by atoms with Crippen molar-refractivity contribution in [3.05, 3.63) is 12.2 Å². The fourth-order valence-electron chi connectivity index (χ4n) is 2.07. The van der Waals surface area contributed by atoms with Crippen molar-refractivity contribution in [1.82, 2.24) is 0 Å². The van der Waals surface area contributed by atoms with Crippen LogP contribution in [-0.4, -0.2) is 0 Å². The molecule has 1 saturated carbocycles. The van der Waals surface area contributed by atoms with E-state index in [1.54, 1.807) is 0 Å². The van der Waals surface area contributed by atoms with Crippen molar-refractivity contribution < 1.29 is 0 Å². The van der Waals surface area contributed by atoms with Gasteiger partial charge in [-0.25, -0.2) is 0 Å². The minimum atomic E-state index is 1.03. The van der Waals surface area contributed by atoms with Crippen molar-refractivity contribution in [2.24, 2.45) is 11.8 Å². The van der Waals surface area contributed by atoms with E-state index in [1.807, 2.05) is 0 Å². The van der Waals surface area contributed by atoms with Gasteiger partial charge in [0.15, 0.2) is 0 Å². The van der Waals surface area contributed by atoms with Crippen LogP contribution in [0.5, 0.6) is 0 Å². The van der Waals surface area contributed by atoms with Gasteiger partial charge >= 0.3 is 0 Å². The van der Waals surface area contributed by atoms with Gasteiger partial charge in [-0.3, -0.25) is 0 Å². The largest absolute Gasteiger partial charge is 0.0882 e. The van der Waals surface area contributed by atoms with Crippen molar-refractivity contribution in [2.45, 2.75) is 38.5 Å². The average molecular weight is 136 g/mol. The fourth-order valence-corrected chi connectivity index (χ4v) is 2.07. The number of rotatable bonds is 2. The van der Waals surface area contributed by atoms with Crippen molar-refractivity contribution in [3.63, 3.8) is 0 Å². The highest BCUT2D eigenvalue weighted by atomic mass is 14.3. The van der Waals surface area contributed by atoms with Gasteiger partial charge in [-0.15, -0.1) is 0 Å². The number of hydrogen-bond donors (Lipinski definition) is 0. The monoisotopic (exact) mass is 136 g/mol. The zero-order chi connectivity index (χ0) is 6.81. The molecular weight excluding hydrogens is 120 g/mol. The molecule has 0 N–H and O–H groups in total. The first-order chi connectivity index (χ1) is 4.95. The SMILES string of the molecule is C1=CCC(CC2CCC2)C1. The summed E-state index contributed by atoms with van der Waals surface area (Å²) in [4.78, 5) is 0. The maximum Gasteiger partial charge on any atom is -0.0319 e. The maximum absolute atomic E-state index is 2.35. The Hall–Kier alpha value is -0.260. The molecule has 2 aliphatic carbocycles. The predicted octanol–water partition coefficient (Wildman–Crippen LogP) is 3.14. The molecule has 0 aliphatic heterocycles. The summed E-state index contributed by atoms with van der Waals surface area (Å²) in [5, 5.41) is 0. The van der Waals surface area contributed by atoms with Gasteiger partial charge in [-0.1, -0.05) is 31.4 Å². The van der Waals surface area contributed by atoms with E-state index in [0.29, 0.717) is 0 Å². The minimum Gasteiger partial charge on any atom is -0.0882 e. The van der Waals surface area contributed by atoms with Crippen LogP contribution in [-0.2, 0) is 0 Å². The lowest BCUT2D eigenvalue weighted by Gasteiger charge is -2.27. The standard InChI is InChI=1S/C10H16/c1-2-5-9(4-1)8-10-6-3-7-10/h1-2,9-10H,3-8H2. The van der Waals surface area contributed by atoms with E-state index >= 15 is 0 Å². The first kappa shape index (κ1) is 6.45. The molecule has 56 valence electrons. The van der Waals surface area contributed by atoms with E-state index in [2.05, 4.69) is 12.2 Å². The average Bonchev–Trinajstić information content (AvgIpc) is 2.29. The summed E-state index contributed by atoms with van der Waals surface area (Å²) in [6.45, 7) is 0. The van der Waals surface area contributed by atoms with E-state index in [9.17, 15) is 0 Å². The van der Waals surface area contributed by atoms with Crippen LogP contribution < -0.4 is 0 Å². The van der Waals surface area contributed by atoms with Gasteiger partial charge in [0.05, 0.1) is 0 Å². The molecule has 0 nitrogen and oxygen atoms in total. The van der Waals surface area contributed by atoms with Crippen molar-refractivity contribution >= 4 is 0 Å². The quantitative estimate of drug-likeness (QED) is 0.511. The van der Waals surface area contributed by atoms with Crippen LogP contribution in [0.25, 0.3) is 0 Å². The molecule has 2 aliphatic rings. The summed E-state index contributed by atoms with van der Waals surface area (Å²) in [6, 6.07) is 0. The van der Waals surface area contributed by atoms with E-state index in [0.717, 1.165) is 11.8 Å². The van der Waals surface area contributed by atoms with Crippen molar-refractivity contribution in [1.29, 1.82) is 0 Å². The second kappa shape index (κ2) is 2.77. The van der Waals surface area contributed by atoms with E-state index < -0.39 is 0 Å². The van der Waals surface area contributed by atoms with Crippen LogP contribution in [0, 0.1) is 11.8 Å². The van der Waals surface area contributed by atoms with E-state index in [1.165, 1.54) is 38.5 Å². The van der Waals surface area contributed by atoms with Gasteiger partial charge in [0.25, 0.3) is 0 Å². The molecule has 10 heavy (non-hydrogen) atoms. The Morgan fingerprint density at radius 1 is 1.00 bits per heavy atom. The summed E-state index contributed by atoms with van der Waals surface area (Å²) >= 11 is 0. The first-order valence-electron chi connectivity index (χ1n) is 4.60. The molecule has 0 radical (unpaired) electrons. The van der Waals surface area contributed by atoms with E-state index in [4.69, 9.17) is 0 Å². The summed E-state index contributed by atoms with van der Waals surface area (Å²) in [5.74, 6) is 2.15. The molecule has 0 unspecified atom stereocenters. The second-order valence-corrected chi connectivity index (χ2v) is 3.84. The third kappa shape index (κ3) is 1.25. The lowest BCUT2D eigenvalue weighted by atomic mass is 9.78. The summed E-state index contributed by atoms with van der Waals surface area (Å²) in [5.41, 5.74) is 0. The molecule has 0 aromatic carbocycles. The van der Waals surface area contributed by atoms with Crippen LogP contribution in [0.4, 0.5) is 0 Å². The van der Waals surface area contributed by atoms with Crippen LogP contribution >= 0.6 is 0 Å². The zero-order valence-electron chi connectivity index (χ0n) is 6.55. The van der Waals surface area contributed by atoms with Crippen molar-refractivity contribution in [2.75, 3.05) is 0 Å². The lowest BCUT2D eigenvalue weighted by Crippen LogP contribution is -2.14. The molecule has 0 heterocycles. The van der Waals surface area contributed by atoms with Gasteiger partial charge in [0, 0.05) is 0 Å². The molecule has 0 amide bonds. The molecule has 0 bridgehead atoms. The molecule has 0 aromatic rings. The third-order valence-corrected chi connectivity index (χ3v) is 3.00. The van der Waals surface area contributed by atoms with Crippen LogP contribution in [0.1, 0.15) is 38.5 Å². The van der Waals surface area contributed by atoms with E-state index in [-0.39, 0.29) is 0 Å². The molecule has 0 saturated heterocycles. The normalized spacial score (nSPS) is 27.2. The van der Waals surface area contributed by atoms with Gasteiger partial charge in [0.2, 0.25) is 0 Å². The van der Waals surface area contributed by atoms with Crippen LogP contribution in [0.15, 0.2) is 12.2 Å². The van der Waals surface area contributed by atoms with Crippen LogP contribution in [0.3, 0.4) is 0 Å². The molecule has 0 atom stereocenters. The topological polar surface area (TPSA) is 0 Å². The highest BCUT2D eigenvalue weighted by molar-refractivity contribution is 4.95. The number of allylic oxidation sites excluding steroid dienone is 2. The molecule has 1 fully saturated rings. The molecule has 2 rings (SSSR count).